The van der Waals surface area contributed by atoms with Gasteiger partial charge in [-0.05, 0) is 38.0 Å². The summed E-state index contributed by atoms with van der Waals surface area (Å²) in [7, 11) is 0. The summed E-state index contributed by atoms with van der Waals surface area (Å²) in [6, 6.07) is 0. The van der Waals surface area contributed by atoms with Gasteiger partial charge in [0.1, 0.15) is 6.29 Å². The molecular formula is C18H29NO3S. The van der Waals surface area contributed by atoms with Crippen LogP contribution in [0, 0.1) is 11.8 Å². The van der Waals surface area contributed by atoms with Gasteiger partial charge in [0.05, 0.1) is 5.25 Å². The first kappa shape index (κ1) is 18.5. The molecular weight excluding hydrogens is 310 g/mol. The van der Waals surface area contributed by atoms with Gasteiger partial charge in [0.15, 0.2) is 0 Å². The molecule has 0 radical (unpaired) electrons. The van der Waals surface area contributed by atoms with E-state index in [0.717, 1.165) is 44.8 Å². The van der Waals surface area contributed by atoms with Crippen LogP contribution in [0.1, 0.15) is 65.7 Å². The molecule has 1 aliphatic carbocycles. The average molecular weight is 340 g/mol. The Balaban J connectivity index is 1.90. The highest BCUT2D eigenvalue weighted by atomic mass is 32.2. The van der Waals surface area contributed by atoms with Gasteiger partial charge in [0.25, 0.3) is 0 Å². The van der Waals surface area contributed by atoms with Crippen LogP contribution < -0.4 is 0 Å². The van der Waals surface area contributed by atoms with Gasteiger partial charge in [0, 0.05) is 23.6 Å². The van der Waals surface area contributed by atoms with E-state index < -0.39 is 0 Å². The van der Waals surface area contributed by atoms with Gasteiger partial charge in [-0.25, -0.2) is 0 Å². The van der Waals surface area contributed by atoms with Crippen LogP contribution in [0.25, 0.3) is 0 Å². The monoisotopic (exact) mass is 339 g/mol. The summed E-state index contributed by atoms with van der Waals surface area (Å²) in [6.07, 6.45) is 7.20. The van der Waals surface area contributed by atoms with Gasteiger partial charge in [0.2, 0.25) is 11.8 Å². The third-order valence-corrected chi connectivity index (χ3v) is 6.54. The molecule has 0 spiro atoms. The Kier molecular flexibility index (Phi) is 6.29. The van der Waals surface area contributed by atoms with Crippen LogP contribution in [0.5, 0.6) is 0 Å². The van der Waals surface area contributed by atoms with Crippen LogP contribution >= 0.6 is 11.8 Å². The third kappa shape index (κ3) is 4.82. The molecule has 0 aromatic heterocycles. The van der Waals surface area contributed by atoms with Crippen molar-refractivity contribution < 1.29 is 14.4 Å². The molecule has 2 fully saturated rings. The van der Waals surface area contributed by atoms with Crippen LogP contribution in [0.3, 0.4) is 0 Å². The fourth-order valence-electron chi connectivity index (χ4n) is 3.75. The zero-order chi connectivity index (χ0) is 17.0. The fourth-order valence-corrected chi connectivity index (χ4v) is 5.29. The van der Waals surface area contributed by atoms with Crippen molar-refractivity contribution in [1.82, 2.24) is 4.90 Å². The first-order valence-corrected chi connectivity index (χ1v) is 9.71. The summed E-state index contributed by atoms with van der Waals surface area (Å²) in [6.45, 7) is 7.00. The quantitative estimate of drug-likeness (QED) is 0.527. The van der Waals surface area contributed by atoms with Crippen molar-refractivity contribution in [1.29, 1.82) is 0 Å². The minimum atomic E-state index is -0.213. The highest BCUT2D eigenvalue weighted by Gasteiger charge is 2.42. The second kappa shape index (κ2) is 7.82. The summed E-state index contributed by atoms with van der Waals surface area (Å²) < 4.78 is 0.0351. The molecule has 1 heterocycles. The molecule has 0 bridgehead atoms. The maximum Gasteiger partial charge on any atom is 0.242 e. The Labute approximate surface area is 143 Å². The number of thioether (sulfide) groups is 1. The Morgan fingerprint density at radius 1 is 1.22 bits per heavy atom. The highest BCUT2D eigenvalue weighted by molar-refractivity contribution is 8.02. The van der Waals surface area contributed by atoms with Crippen molar-refractivity contribution in [2.45, 2.75) is 75.7 Å². The van der Waals surface area contributed by atoms with Gasteiger partial charge in [-0.3, -0.25) is 14.5 Å². The van der Waals surface area contributed by atoms with Gasteiger partial charge >= 0.3 is 0 Å². The minimum absolute atomic E-state index is 0.00156. The van der Waals surface area contributed by atoms with Crippen LogP contribution in [-0.4, -0.2) is 39.5 Å². The zero-order valence-electron chi connectivity index (χ0n) is 14.5. The Bertz CT molecular complexity index is 455. The van der Waals surface area contributed by atoms with Crippen LogP contribution in [0.4, 0.5) is 0 Å². The number of nitrogens with zero attached hydrogens (tertiary/aromatic N) is 1. The second-order valence-corrected chi connectivity index (χ2v) is 9.49. The van der Waals surface area contributed by atoms with Crippen LogP contribution in [-0.2, 0) is 14.4 Å². The number of hydrogen-bond donors (Lipinski definition) is 0. The molecule has 2 rings (SSSR count). The van der Waals surface area contributed by atoms with E-state index in [9.17, 15) is 14.4 Å². The van der Waals surface area contributed by atoms with E-state index in [1.54, 1.807) is 11.8 Å². The molecule has 2 aliphatic rings. The van der Waals surface area contributed by atoms with Crippen molar-refractivity contribution in [3.05, 3.63) is 0 Å². The van der Waals surface area contributed by atoms with E-state index in [-0.39, 0.29) is 27.7 Å². The molecule has 4 nitrogen and oxygen atoms in total. The average Bonchev–Trinajstić information content (AvgIpc) is 2.75. The van der Waals surface area contributed by atoms with Gasteiger partial charge in [-0.15, -0.1) is 11.8 Å². The number of likely N-dealkylation sites (tertiary alicyclic amines) is 1. The molecule has 0 aromatic carbocycles. The number of aldehydes is 1. The molecule has 1 atom stereocenters. The molecule has 1 saturated heterocycles. The molecule has 0 aromatic rings. The molecule has 0 N–H and O–H groups in total. The van der Waals surface area contributed by atoms with E-state index in [4.69, 9.17) is 0 Å². The molecule has 1 saturated carbocycles. The molecule has 1 unspecified atom stereocenters. The van der Waals surface area contributed by atoms with Crippen molar-refractivity contribution >= 4 is 29.9 Å². The van der Waals surface area contributed by atoms with E-state index in [2.05, 4.69) is 20.8 Å². The van der Waals surface area contributed by atoms with E-state index in [1.165, 1.54) is 4.90 Å². The summed E-state index contributed by atoms with van der Waals surface area (Å²) in [5, 5.41) is -0.213. The van der Waals surface area contributed by atoms with Crippen molar-refractivity contribution in [2.24, 2.45) is 11.8 Å². The normalized spacial score (nSPS) is 29.2. The number of hydrogen-bond acceptors (Lipinski definition) is 4. The van der Waals surface area contributed by atoms with E-state index in [0.29, 0.717) is 18.9 Å². The van der Waals surface area contributed by atoms with E-state index in [1.807, 2.05) is 0 Å². The number of carbonyl (C=O) groups is 3. The topological polar surface area (TPSA) is 54.5 Å². The molecule has 2 amide bonds. The van der Waals surface area contributed by atoms with Crippen LogP contribution in [0.15, 0.2) is 0 Å². The number of amides is 2. The lowest BCUT2D eigenvalue weighted by Gasteiger charge is -2.29. The maximum atomic E-state index is 12.6. The predicted molar refractivity (Wildman–Crippen MR) is 93.2 cm³/mol. The largest absolute Gasteiger partial charge is 0.303 e. The molecule has 130 valence electrons. The second-order valence-electron chi connectivity index (χ2n) is 7.58. The number of imide groups is 1. The Morgan fingerprint density at radius 2 is 1.87 bits per heavy atom. The lowest BCUT2D eigenvalue weighted by Crippen LogP contribution is -2.37. The van der Waals surface area contributed by atoms with Crippen molar-refractivity contribution in [2.75, 3.05) is 6.54 Å². The number of rotatable bonds is 7. The van der Waals surface area contributed by atoms with Gasteiger partial charge in [-0.1, -0.05) is 27.2 Å². The minimum Gasteiger partial charge on any atom is -0.303 e. The highest BCUT2D eigenvalue weighted by Crippen LogP contribution is 2.38. The standard InChI is InChI=1S/C18H29NO3S/c1-4-9-18(2,3)23-15-10-16(21)19(17(15)22)11-13-5-7-14(12-20)8-6-13/h12-15H,4-11H2,1-3H3. The predicted octanol–water partition coefficient (Wildman–Crippen LogP) is 3.43. The first-order valence-electron chi connectivity index (χ1n) is 8.83. The molecule has 5 heteroatoms. The SMILES string of the molecule is CCCC(C)(C)SC1CC(=O)N(CC2CCC(C=O)CC2)C1=O. The summed E-state index contributed by atoms with van der Waals surface area (Å²) in [4.78, 5) is 37.2. The Morgan fingerprint density at radius 3 is 2.43 bits per heavy atom. The first-order chi connectivity index (χ1) is 10.9. The third-order valence-electron chi connectivity index (χ3n) is 5.04. The smallest absolute Gasteiger partial charge is 0.242 e. The lowest BCUT2D eigenvalue weighted by molar-refractivity contribution is -0.139. The molecule has 1 aliphatic heterocycles. The van der Waals surface area contributed by atoms with Gasteiger partial charge < -0.3 is 4.79 Å². The van der Waals surface area contributed by atoms with Crippen molar-refractivity contribution in [3.8, 4) is 0 Å². The molecule has 23 heavy (non-hydrogen) atoms. The zero-order valence-corrected chi connectivity index (χ0v) is 15.4. The maximum absolute atomic E-state index is 12.6. The number of carbonyl (C=O) groups excluding carboxylic acids is 3. The summed E-state index contributed by atoms with van der Waals surface area (Å²) in [5.41, 5.74) is 0. The van der Waals surface area contributed by atoms with E-state index >= 15 is 0 Å². The summed E-state index contributed by atoms with van der Waals surface area (Å²) in [5.74, 6) is 0.528. The van der Waals surface area contributed by atoms with Gasteiger partial charge in [-0.2, -0.15) is 0 Å². The fraction of sp³-hybridized carbons (Fsp3) is 0.833. The Hall–Kier alpha value is -0.840. The summed E-state index contributed by atoms with van der Waals surface area (Å²) >= 11 is 1.66. The van der Waals surface area contributed by atoms with Crippen LogP contribution in [0.2, 0.25) is 0 Å². The lowest BCUT2D eigenvalue weighted by atomic mass is 9.82. The van der Waals surface area contributed by atoms with Crippen molar-refractivity contribution in [3.63, 3.8) is 0 Å².